The molecule has 0 fully saturated rings. The molecule has 0 aliphatic carbocycles. The number of rotatable bonds is 4. The highest BCUT2D eigenvalue weighted by Crippen LogP contribution is 2.21. The first-order chi connectivity index (χ1) is 8.54. The molecular formula is C14H19N3O. The van der Waals surface area contributed by atoms with Crippen LogP contribution in [0.15, 0.2) is 18.2 Å². The van der Waals surface area contributed by atoms with E-state index in [0.717, 1.165) is 16.9 Å². The molecule has 18 heavy (non-hydrogen) atoms. The van der Waals surface area contributed by atoms with Gasteiger partial charge in [0.25, 0.3) is 0 Å². The lowest BCUT2D eigenvalue weighted by atomic mass is 10.1. The van der Waals surface area contributed by atoms with Crippen LogP contribution < -0.4 is 5.73 Å². The normalized spacial score (nSPS) is 11.4. The zero-order valence-electron chi connectivity index (χ0n) is 11.1. The number of imidazole rings is 1. The molecule has 0 radical (unpaired) electrons. The molecule has 0 unspecified atom stereocenters. The number of hydrogen-bond acceptors (Lipinski definition) is 3. The van der Waals surface area contributed by atoms with Gasteiger partial charge in [-0.05, 0) is 24.7 Å². The van der Waals surface area contributed by atoms with Gasteiger partial charge in [0.15, 0.2) is 5.78 Å². The average Bonchev–Trinajstić information content (AvgIpc) is 2.67. The molecule has 0 saturated carbocycles. The SMILES string of the molecule is CC(C)c1nc2cc(C(=O)CCN)ccc2n1C. The van der Waals surface area contributed by atoms with E-state index in [-0.39, 0.29) is 5.78 Å². The van der Waals surface area contributed by atoms with Gasteiger partial charge in [0.2, 0.25) is 0 Å². The summed E-state index contributed by atoms with van der Waals surface area (Å²) in [6.45, 7) is 4.61. The summed E-state index contributed by atoms with van der Waals surface area (Å²) in [6, 6.07) is 5.67. The molecule has 2 aromatic rings. The molecule has 0 bridgehead atoms. The Hall–Kier alpha value is -1.68. The third-order valence-electron chi connectivity index (χ3n) is 3.13. The lowest BCUT2D eigenvalue weighted by Crippen LogP contribution is -2.07. The van der Waals surface area contributed by atoms with Crippen LogP contribution in [0.25, 0.3) is 11.0 Å². The van der Waals surface area contributed by atoms with Gasteiger partial charge < -0.3 is 10.3 Å². The Labute approximate surface area is 107 Å². The predicted molar refractivity (Wildman–Crippen MR) is 72.8 cm³/mol. The number of carbonyl (C=O) groups excluding carboxylic acids is 1. The fraction of sp³-hybridized carbons (Fsp3) is 0.429. The number of benzene rings is 1. The summed E-state index contributed by atoms with van der Waals surface area (Å²) in [4.78, 5) is 16.4. The minimum absolute atomic E-state index is 0.0798. The van der Waals surface area contributed by atoms with Crippen LogP contribution in [-0.4, -0.2) is 21.9 Å². The van der Waals surface area contributed by atoms with Crippen LogP contribution in [0.4, 0.5) is 0 Å². The Bertz CT molecular complexity index is 584. The van der Waals surface area contributed by atoms with Crippen molar-refractivity contribution in [1.82, 2.24) is 9.55 Å². The summed E-state index contributed by atoms with van der Waals surface area (Å²) in [5.74, 6) is 1.48. The van der Waals surface area contributed by atoms with Gasteiger partial charge in [0.1, 0.15) is 5.82 Å². The fourth-order valence-corrected chi connectivity index (χ4v) is 2.18. The van der Waals surface area contributed by atoms with E-state index in [2.05, 4.69) is 23.4 Å². The molecule has 4 heteroatoms. The van der Waals surface area contributed by atoms with Crippen molar-refractivity contribution in [2.24, 2.45) is 12.8 Å². The molecule has 2 rings (SSSR count). The van der Waals surface area contributed by atoms with Crippen molar-refractivity contribution in [2.45, 2.75) is 26.2 Å². The van der Waals surface area contributed by atoms with E-state index < -0.39 is 0 Å². The van der Waals surface area contributed by atoms with Gasteiger partial charge in [0, 0.05) is 24.9 Å². The first-order valence-corrected chi connectivity index (χ1v) is 6.24. The third kappa shape index (κ3) is 2.16. The minimum Gasteiger partial charge on any atom is -0.331 e. The molecule has 4 nitrogen and oxygen atoms in total. The maximum absolute atomic E-state index is 11.8. The van der Waals surface area contributed by atoms with Crippen LogP contribution in [0.2, 0.25) is 0 Å². The molecule has 0 saturated heterocycles. The van der Waals surface area contributed by atoms with Crippen molar-refractivity contribution in [3.8, 4) is 0 Å². The first-order valence-electron chi connectivity index (χ1n) is 6.24. The molecule has 1 heterocycles. The van der Waals surface area contributed by atoms with Crippen LogP contribution in [0.5, 0.6) is 0 Å². The van der Waals surface area contributed by atoms with E-state index in [1.54, 1.807) is 0 Å². The van der Waals surface area contributed by atoms with E-state index in [4.69, 9.17) is 5.73 Å². The molecule has 2 N–H and O–H groups in total. The monoisotopic (exact) mass is 245 g/mol. The van der Waals surface area contributed by atoms with E-state index in [9.17, 15) is 4.79 Å². The van der Waals surface area contributed by atoms with Crippen molar-refractivity contribution < 1.29 is 4.79 Å². The number of hydrogen-bond donors (Lipinski definition) is 1. The predicted octanol–water partition coefficient (Wildman–Crippen LogP) is 2.23. The maximum Gasteiger partial charge on any atom is 0.164 e. The minimum atomic E-state index is 0.0798. The standard InChI is InChI=1S/C14H19N3O/c1-9(2)14-16-11-8-10(13(18)6-7-15)4-5-12(11)17(14)3/h4-5,8-9H,6-7,15H2,1-3H3. The van der Waals surface area contributed by atoms with Crippen molar-refractivity contribution in [1.29, 1.82) is 0 Å². The highest BCUT2D eigenvalue weighted by atomic mass is 16.1. The van der Waals surface area contributed by atoms with Gasteiger partial charge in [0.05, 0.1) is 11.0 Å². The maximum atomic E-state index is 11.8. The summed E-state index contributed by atoms with van der Waals surface area (Å²) < 4.78 is 2.08. The van der Waals surface area contributed by atoms with E-state index in [1.165, 1.54) is 0 Å². The summed E-state index contributed by atoms with van der Waals surface area (Å²) in [7, 11) is 2.01. The van der Waals surface area contributed by atoms with Crippen molar-refractivity contribution >= 4 is 16.8 Å². The van der Waals surface area contributed by atoms with E-state index >= 15 is 0 Å². The molecule has 1 aromatic heterocycles. The van der Waals surface area contributed by atoms with Crippen molar-refractivity contribution in [2.75, 3.05) is 6.54 Å². The van der Waals surface area contributed by atoms with Crippen LogP contribution >= 0.6 is 0 Å². The summed E-state index contributed by atoms with van der Waals surface area (Å²) in [5, 5.41) is 0. The summed E-state index contributed by atoms with van der Waals surface area (Å²) >= 11 is 0. The van der Waals surface area contributed by atoms with Crippen molar-refractivity contribution in [3.05, 3.63) is 29.6 Å². The number of carbonyl (C=O) groups is 1. The van der Waals surface area contributed by atoms with Gasteiger partial charge in [-0.1, -0.05) is 13.8 Å². The number of Topliss-reactive ketones (excluding diaryl/α,β-unsaturated/α-hetero) is 1. The van der Waals surface area contributed by atoms with Crippen LogP contribution in [0, 0.1) is 0 Å². The van der Waals surface area contributed by atoms with Gasteiger partial charge in [-0.15, -0.1) is 0 Å². The zero-order chi connectivity index (χ0) is 13.3. The molecular weight excluding hydrogens is 226 g/mol. The smallest absolute Gasteiger partial charge is 0.164 e. The molecule has 0 aliphatic heterocycles. The summed E-state index contributed by atoms with van der Waals surface area (Å²) in [5.41, 5.74) is 8.04. The third-order valence-corrected chi connectivity index (χ3v) is 3.13. The highest BCUT2D eigenvalue weighted by Gasteiger charge is 2.13. The largest absolute Gasteiger partial charge is 0.331 e. The van der Waals surface area contributed by atoms with Gasteiger partial charge in [-0.3, -0.25) is 4.79 Å². The molecule has 1 aromatic carbocycles. The fourth-order valence-electron chi connectivity index (χ4n) is 2.18. The Morgan fingerprint density at radius 1 is 1.44 bits per heavy atom. The van der Waals surface area contributed by atoms with Crippen LogP contribution in [0.3, 0.4) is 0 Å². The lowest BCUT2D eigenvalue weighted by Gasteiger charge is -2.04. The van der Waals surface area contributed by atoms with Gasteiger partial charge in [-0.2, -0.15) is 0 Å². The van der Waals surface area contributed by atoms with Crippen LogP contribution in [-0.2, 0) is 7.05 Å². The molecule has 0 amide bonds. The molecule has 96 valence electrons. The zero-order valence-corrected chi connectivity index (χ0v) is 11.1. The second-order valence-electron chi connectivity index (χ2n) is 4.85. The second-order valence-corrected chi connectivity index (χ2v) is 4.85. The average molecular weight is 245 g/mol. The Morgan fingerprint density at radius 3 is 2.78 bits per heavy atom. The van der Waals surface area contributed by atoms with E-state index in [1.807, 2.05) is 25.2 Å². The molecule has 0 atom stereocenters. The Morgan fingerprint density at radius 2 is 2.17 bits per heavy atom. The van der Waals surface area contributed by atoms with E-state index in [0.29, 0.717) is 24.4 Å². The van der Waals surface area contributed by atoms with Crippen LogP contribution in [0.1, 0.15) is 42.4 Å². The Kier molecular flexibility index (Phi) is 3.48. The number of aromatic nitrogens is 2. The number of nitrogens with two attached hydrogens (primary N) is 1. The lowest BCUT2D eigenvalue weighted by molar-refractivity contribution is 0.0985. The Balaban J connectivity index is 2.49. The number of aryl methyl sites for hydroxylation is 1. The topological polar surface area (TPSA) is 60.9 Å². The van der Waals surface area contributed by atoms with Crippen molar-refractivity contribution in [3.63, 3.8) is 0 Å². The second kappa shape index (κ2) is 4.90. The highest BCUT2D eigenvalue weighted by molar-refractivity contribution is 5.99. The number of nitrogens with zero attached hydrogens (tertiary/aromatic N) is 2. The van der Waals surface area contributed by atoms with Gasteiger partial charge in [-0.25, -0.2) is 4.98 Å². The quantitative estimate of drug-likeness (QED) is 0.840. The molecule has 0 spiro atoms. The molecule has 0 aliphatic rings. The number of ketones is 1. The first kappa shape index (κ1) is 12.8. The number of fused-ring (bicyclic) bond motifs is 1. The van der Waals surface area contributed by atoms with Gasteiger partial charge >= 0.3 is 0 Å². The summed E-state index contributed by atoms with van der Waals surface area (Å²) in [6.07, 6.45) is 0.384.